The summed E-state index contributed by atoms with van der Waals surface area (Å²) in [5, 5.41) is 8.14. The van der Waals surface area contributed by atoms with Crippen LogP contribution in [0.1, 0.15) is 22.4 Å². The molecule has 4 nitrogen and oxygen atoms in total. The molecule has 0 aliphatic rings. The number of nitrogens with zero attached hydrogens (tertiary/aromatic N) is 1. The van der Waals surface area contributed by atoms with E-state index in [1.165, 1.54) is 26.4 Å². The quantitative estimate of drug-likeness (QED) is 0.465. The van der Waals surface area contributed by atoms with Crippen LogP contribution in [0.4, 0.5) is 0 Å². The molecule has 3 rings (SSSR count). The zero-order valence-corrected chi connectivity index (χ0v) is 15.9. The summed E-state index contributed by atoms with van der Waals surface area (Å²) in [5.74, 6) is 0.858. The number of aromatic amines is 1. The van der Waals surface area contributed by atoms with Gasteiger partial charge in [-0.25, -0.2) is 0 Å². The summed E-state index contributed by atoms with van der Waals surface area (Å²) in [7, 11) is 1.82. The van der Waals surface area contributed by atoms with E-state index in [2.05, 4.69) is 76.9 Å². The molecular weight excluding hydrogens is 328 g/mol. The van der Waals surface area contributed by atoms with Crippen LogP contribution in [0.15, 0.2) is 47.5 Å². The van der Waals surface area contributed by atoms with E-state index in [1.54, 1.807) is 0 Å². The normalized spacial score (nSPS) is 13.2. The fourth-order valence-electron chi connectivity index (χ4n) is 2.96. The molecule has 3 aromatic rings. The molecule has 3 N–H and O–H groups in total. The first kappa shape index (κ1) is 17.5. The van der Waals surface area contributed by atoms with Crippen LogP contribution in [0.5, 0.6) is 0 Å². The average Bonchev–Trinajstić information content (AvgIpc) is 3.19. The second-order valence-corrected chi connectivity index (χ2v) is 7.77. The van der Waals surface area contributed by atoms with Gasteiger partial charge in [-0.05, 0) is 43.5 Å². The van der Waals surface area contributed by atoms with Crippen LogP contribution in [0.3, 0.4) is 0 Å². The third-order valence-corrected chi connectivity index (χ3v) is 5.21. The Morgan fingerprint density at radius 1 is 1.24 bits per heavy atom. The van der Waals surface area contributed by atoms with Crippen molar-refractivity contribution in [1.82, 2.24) is 15.6 Å². The molecule has 0 spiro atoms. The minimum atomic E-state index is 0.345. The highest BCUT2D eigenvalue weighted by Crippen LogP contribution is 2.17. The first-order valence-corrected chi connectivity index (χ1v) is 9.55. The van der Waals surface area contributed by atoms with E-state index in [0.717, 1.165) is 25.3 Å². The maximum atomic E-state index is 4.34. The predicted molar refractivity (Wildman–Crippen MR) is 109 cm³/mol. The fourth-order valence-corrected chi connectivity index (χ4v) is 3.98. The van der Waals surface area contributed by atoms with E-state index >= 15 is 0 Å². The van der Waals surface area contributed by atoms with Crippen LogP contribution < -0.4 is 10.6 Å². The summed E-state index contributed by atoms with van der Waals surface area (Å²) in [6.07, 6.45) is 1.95. The van der Waals surface area contributed by atoms with Gasteiger partial charge in [0, 0.05) is 53.4 Å². The Morgan fingerprint density at radius 2 is 2.08 bits per heavy atom. The Balaban J connectivity index is 1.47. The van der Waals surface area contributed by atoms with Gasteiger partial charge in [-0.2, -0.15) is 0 Å². The van der Waals surface area contributed by atoms with Crippen molar-refractivity contribution in [2.75, 3.05) is 13.6 Å². The molecule has 0 bridgehead atoms. The van der Waals surface area contributed by atoms with Crippen molar-refractivity contribution in [3.63, 3.8) is 0 Å². The number of rotatable bonds is 6. The topological polar surface area (TPSA) is 52.2 Å². The number of aromatic nitrogens is 1. The number of aryl methyl sites for hydroxylation is 1. The monoisotopic (exact) mass is 354 g/mol. The van der Waals surface area contributed by atoms with Gasteiger partial charge in [0.1, 0.15) is 0 Å². The average molecular weight is 355 g/mol. The summed E-state index contributed by atoms with van der Waals surface area (Å²) in [5.41, 5.74) is 2.44. The number of H-pyrrole nitrogens is 1. The van der Waals surface area contributed by atoms with Gasteiger partial charge in [0.2, 0.25) is 0 Å². The van der Waals surface area contributed by atoms with Crippen molar-refractivity contribution in [2.24, 2.45) is 4.99 Å². The van der Waals surface area contributed by atoms with Gasteiger partial charge in [0.25, 0.3) is 0 Å². The second-order valence-electron chi connectivity index (χ2n) is 6.39. The molecule has 5 heteroatoms. The predicted octanol–water partition coefficient (Wildman–Crippen LogP) is 3.88. The van der Waals surface area contributed by atoms with Crippen LogP contribution in [0, 0.1) is 6.92 Å². The Labute approximate surface area is 153 Å². The maximum Gasteiger partial charge on any atom is 0.191 e. The molecule has 1 atom stereocenters. The fraction of sp³-hybridized carbons (Fsp3) is 0.350. The van der Waals surface area contributed by atoms with Crippen LogP contribution in [-0.2, 0) is 12.8 Å². The molecule has 2 aromatic heterocycles. The molecule has 0 fully saturated rings. The largest absolute Gasteiger partial charge is 0.358 e. The number of benzene rings is 1. The lowest BCUT2D eigenvalue weighted by atomic mass is 10.2. The Kier molecular flexibility index (Phi) is 5.76. The molecule has 2 heterocycles. The molecule has 0 aliphatic carbocycles. The number of guanidine groups is 1. The van der Waals surface area contributed by atoms with E-state index < -0.39 is 0 Å². The number of thiophene rings is 1. The molecular formula is C20H26N4S. The van der Waals surface area contributed by atoms with Gasteiger partial charge in [-0.3, -0.25) is 4.99 Å². The van der Waals surface area contributed by atoms with Crippen LogP contribution >= 0.6 is 11.3 Å². The molecule has 25 heavy (non-hydrogen) atoms. The standard InChI is InChI=1S/C20H26N4S/c1-14(12-18-9-8-15(2)25-18)23-20(21-3)22-11-10-17-13-16-6-4-5-7-19(16)24-17/h4-9,13-14,24H,10-12H2,1-3H3,(H2,21,22,23). The molecule has 0 amide bonds. The first-order chi connectivity index (χ1) is 12.1. The zero-order chi connectivity index (χ0) is 17.6. The zero-order valence-electron chi connectivity index (χ0n) is 15.1. The third-order valence-electron chi connectivity index (χ3n) is 4.18. The van der Waals surface area contributed by atoms with E-state index in [0.29, 0.717) is 6.04 Å². The van der Waals surface area contributed by atoms with Gasteiger partial charge in [-0.15, -0.1) is 11.3 Å². The Morgan fingerprint density at radius 3 is 2.80 bits per heavy atom. The van der Waals surface area contributed by atoms with E-state index in [4.69, 9.17) is 0 Å². The highest BCUT2D eigenvalue weighted by molar-refractivity contribution is 7.11. The molecule has 0 saturated carbocycles. The lowest BCUT2D eigenvalue weighted by Crippen LogP contribution is -2.43. The number of fused-ring (bicyclic) bond motifs is 1. The van der Waals surface area contributed by atoms with Crippen molar-refractivity contribution in [2.45, 2.75) is 32.7 Å². The summed E-state index contributed by atoms with van der Waals surface area (Å²) in [6, 6.07) is 15.3. The SMILES string of the molecule is CN=C(NCCc1cc2ccccc2[nH]1)NC(C)Cc1ccc(C)s1. The van der Waals surface area contributed by atoms with Crippen LogP contribution in [0.25, 0.3) is 10.9 Å². The number of nitrogens with one attached hydrogen (secondary N) is 3. The third kappa shape index (κ3) is 4.86. The lowest BCUT2D eigenvalue weighted by Gasteiger charge is -2.17. The minimum absolute atomic E-state index is 0.345. The Bertz CT molecular complexity index is 813. The van der Waals surface area contributed by atoms with Crippen molar-refractivity contribution >= 4 is 28.2 Å². The molecule has 0 saturated heterocycles. The molecule has 0 aliphatic heterocycles. The number of hydrogen-bond acceptors (Lipinski definition) is 2. The number of hydrogen-bond donors (Lipinski definition) is 3. The smallest absolute Gasteiger partial charge is 0.191 e. The Hall–Kier alpha value is -2.27. The van der Waals surface area contributed by atoms with Crippen LogP contribution in [0.2, 0.25) is 0 Å². The highest BCUT2D eigenvalue weighted by atomic mass is 32.1. The molecule has 1 aromatic carbocycles. The summed E-state index contributed by atoms with van der Waals surface area (Å²) in [4.78, 5) is 10.6. The van der Waals surface area contributed by atoms with Gasteiger partial charge in [-0.1, -0.05) is 18.2 Å². The summed E-state index contributed by atoms with van der Waals surface area (Å²) >= 11 is 1.86. The van der Waals surface area contributed by atoms with Crippen molar-refractivity contribution in [3.05, 3.63) is 57.9 Å². The van der Waals surface area contributed by atoms with Crippen LogP contribution in [-0.4, -0.2) is 30.6 Å². The van der Waals surface area contributed by atoms with E-state index in [-0.39, 0.29) is 0 Å². The van der Waals surface area contributed by atoms with Gasteiger partial charge in [0.15, 0.2) is 5.96 Å². The van der Waals surface area contributed by atoms with E-state index in [1.807, 2.05) is 18.4 Å². The summed E-state index contributed by atoms with van der Waals surface area (Å²) < 4.78 is 0. The highest BCUT2D eigenvalue weighted by Gasteiger charge is 2.08. The number of aliphatic imine (C=N–C) groups is 1. The maximum absolute atomic E-state index is 4.34. The minimum Gasteiger partial charge on any atom is -0.358 e. The van der Waals surface area contributed by atoms with Crippen molar-refractivity contribution in [3.8, 4) is 0 Å². The molecule has 1 unspecified atom stereocenters. The van der Waals surface area contributed by atoms with E-state index in [9.17, 15) is 0 Å². The van der Waals surface area contributed by atoms with Crippen molar-refractivity contribution in [1.29, 1.82) is 0 Å². The second kappa shape index (κ2) is 8.21. The molecule has 132 valence electrons. The first-order valence-electron chi connectivity index (χ1n) is 8.73. The summed E-state index contributed by atoms with van der Waals surface area (Å²) in [6.45, 7) is 5.19. The number of para-hydroxylation sites is 1. The van der Waals surface area contributed by atoms with Gasteiger partial charge >= 0.3 is 0 Å². The molecule has 0 radical (unpaired) electrons. The van der Waals surface area contributed by atoms with Gasteiger partial charge < -0.3 is 15.6 Å². The van der Waals surface area contributed by atoms with Crippen molar-refractivity contribution < 1.29 is 0 Å². The van der Waals surface area contributed by atoms with Gasteiger partial charge in [0.05, 0.1) is 0 Å². The lowest BCUT2D eigenvalue weighted by molar-refractivity contribution is 0.644.